The molecule has 4 aliphatic rings. The first-order valence-electron chi connectivity index (χ1n) is 12.6. The summed E-state index contributed by atoms with van der Waals surface area (Å²) in [6, 6.07) is 10.7. The number of esters is 1. The summed E-state index contributed by atoms with van der Waals surface area (Å²) < 4.78 is 12.1. The maximum absolute atomic E-state index is 13.1. The standard InChI is InChI=1S/C28H30N2O7/c1-15(29-25(33)22(32)16-6-4-3-5-7-16)26(34)36-19-10-11-28(35)20-14-17-8-9-18(31)23-21(17)27(28,24(19)37-23)12-13-30(20)2/h3-10,15,20,22,24,31-32,35H,11-14H2,1-2H3,(H,29,33)/t15?,20-,22+,24+,27+,28-/m1/s1. The molecule has 0 aromatic heterocycles. The van der Waals surface area contributed by atoms with Crippen LogP contribution in [-0.4, -0.2) is 69.5 Å². The van der Waals surface area contributed by atoms with Crippen molar-refractivity contribution >= 4 is 11.9 Å². The lowest BCUT2D eigenvalue weighted by Crippen LogP contribution is -2.74. The maximum atomic E-state index is 13.1. The number of carbonyl (C=O) groups excluding carboxylic acids is 2. The van der Waals surface area contributed by atoms with E-state index in [1.807, 2.05) is 13.1 Å². The molecule has 2 aromatic carbocycles. The zero-order chi connectivity index (χ0) is 26.1. The molecule has 6 atom stereocenters. The largest absolute Gasteiger partial charge is 0.504 e. The third-order valence-corrected chi connectivity index (χ3v) is 8.65. The van der Waals surface area contributed by atoms with Gasteiger partial charge in [-0.2, -0.15) is 0 Å². The SMILES string of the molecule is CC(NC(=O)[C@@H](O)c1ccccc1)C(=O)OC1=CC[C@@]2(O)[C@H]3Cc4ccc(O)c5c4[C@@]2(CCN3C)[C@H]1O5. The van der Waals surface area contributed by atoms with Crippen LogP contribution >= 0.6 is 0 Å². The minimum Gasteiger partial charge on any atom is -0.504 e. The molecular weight excluding hydrogens is 476 g/mol. The molecule has 1 saturated heterocycles. The van der Waals surface area contributed by atoms with Gasteiger partial charge in [-0.15, -0.1) is 0 Å². The number of nitrogens with zero attached hydrogens (tertiary/aromatic N) is 1. The van der Waals surface area contributed by atoms with Crippen molar-refractivity contribution in [1.29, 1.82) is 0 Å². The molecule has 2 aliphatic heterocycles. The van der Waals surface area contributed by atoms with E-state index < -0.39 is 41.1 Å². The van der Waals surface area contributed by atoms with Crippen LogP contribution in [0.1, 0.15) is 42.6 Å². The van der Waals surface area contributed by atoms with E-state index in [1.54, 1.807) is 42.5 Å². The van der Waals surface area contributed by atoms with E-state index in [4.69, 9.17) is 9.47 Å². The average molecular weight is 507 g/mol. The summed E-state index contributed by atoms with van der Waals surface area (Å²) in [5, 5.41) is 35.6. The zero-order valence-electron chi connectivity index (χ0n) is 20.7. The van der Waals surface area contributed by atoms with Gasteiger partial charge in [0.1, 0.15) is 11.8 Å². The van der Waals surface area contributed by atoms with Gasteiger partial charge in [-0.25, -0.2) is 4.79 Å². The summed E-state index contributed by atoms with van der Waals surface area (Å²) in [4.78, 5) is 27.8. The number of nitrogens with one attached hydrogen (secondary N) is 1. The van der Waals surface area contributed by atoms with E-state index in [-0.39, 0.29) is 24.0 Å². The molecule has 1 spiro atoms. The summed E-state index contributed by atoms with van der Waals surface area (Å²) in [5.74, 6) is -0.855. The van der Waals surface area contributed by atoms with Gasteiger partial charge in [-0.3, -0.25) is 4.79 Å². The summed E-state index contributed by atoms with van der Waals surface area (Å²) in [6.07, 6.45) is 0.914. The number of carbonyl (C=O) groups is 2. The van der Waals surface area contributed by atoms with Crippen LogP contribution in [-0.2, 0) is 26.2 Å². The second kappa shape index (κ2) is 8.31. The molecule has 1 unspecified atom stereocenters. The predicted octanol–water partition coefficient (Wildman–Crippen LogP) is 1.45. The molecule has 2 aromatic rings. The van der Waals surface area contributed by atoms with Crippen LogP contribution in [0.2, 0.25) is 0 Å². The average Bonchev–Trinajstić information content (AvgIpc) is 3.25. The number of rotatable bonds is 5. The second-order valence-corrected chi connectivity index (χ2v) is 10.6. The Labute approximate surface area is 214 Å². The molecule has 2 aliphatic carbocycles. The Hall–Kier alpha value is -3.40. The highest BCUT2D eigenvalue weighted by Gasteiger charge is 2.72. The maximum Gasteiger partial charge on any atom is 0.333 e. The number of amides is 1. The van der Waals surface area contributed by atoms with Crippen molar-refractivity contribution in [3.8, 4) is 11.5 Å². The Morgan fingerprint density at radius 3 is 2.73 bits per heavy atom. The predicted molar refractivity (Wildman–Crippen MR) is 132 cm³/mol. The number of aromatic hydroxyl groups is 1. The van der Waals surface area contributed by atoms with Crippen molar-refractivity contribution < 1.29 is 34.4 Å². The van der Waals surface area contributed by atoms with E-state index in [0.717, 1.165) is 11.1 Å². The highest BCUT2D eigenvalue weighted by molar-refractivity contribution is 5.87. The fraction of sp³-hybridized carbons (Fsp3) is 0.429. The van der Waals surface area contributed by atoms with Crippen LogP contribution in [0, 0.1) is 0 Å². The number of likely N-dealkylation sites (N-methyl/N-ethyl adjacent to an activating group) is 1. The Morgan fingerprint density at radius 1 is 1.22 bits per heavy atom. The third-order valence-electron chi connectivity index (χ3n) is 8.65. The molecular formula is C28H30N2O7. The van der Waals surface area contributed by atoms with Gasteiger partial charge in [0.2, 0.25) is 0 Å². The number of hydrogen-bond donors (Lipinski definition) is 4. The molecule has 37 heavy (non-hydrogen) atoms. The van der Waals surface area contributed by atoms with Crippen molar-refractivity contribution in [2.45, 2.75) is 61.5 Å². The van der Waals surface area contributed by atoms with Crippen molar-refractivity contribution in [3.05, 3.63) is 71.0 Å². The summed E-state index contributed by atoms with van der Waals surface area (Å²) in [7, 11) is 2.00. The smallest absolute Gasteiger partial charge is 0.333 e. The van der Waals surface area contributed by atoms with Crippen molar-refractivity contribution in [1.82, 2.24) is 10.2 Å². The van der Waals surface area contributed by atoms with Gasteiger partial charge < -0.3 is 35.0 Å². The molecule has 4 N–H and O–H groups in total. The first-order valence-corrected chi connectivity index (χ1v) is 12.6. The number of ether oxygens (including phenoxy) is 2. The molecule has 2 heterocycles. The molecule has 2 bridgehead atoms. The van der Waals surface area contributed by atoms with Crippen LogP contribution < -0.4 is 10.1 Å². The van der Waals surface area contributed by atoms with Crippen molar-refractivity contribution in [3.63, 3.8) is 0 Å². The van der Waals surface area contributed by atoms with E-state index >= 15 is 0 Å². The Balaban J connectivity index is 1.27. The topological polar surface area (TPSA) is 129 Å². The van der Waals surface area contributed by atoms with E-state index in [9.17, 15) is 24.9 Å². The van der Waals surface area contributed by atoms with Crippen molar-refractivity contribution in [2.24, 2.45) is 0 Å². The lowest BCUT2D eigenvalue weighted by molar-refractivity contribution is -0.170. The molecule has 9 heteroatoms. The van der Waals surface area contributed by atoms with Crippen LogP contribution in [0.5, 0.6) is 11.5 Å². The minimum absolute atomic E-state index is 0.0107. The van der Waals surface area contributed by atoms with Gasteiger partial charge >= 0.3 is 5.97 Å². The molecule has 194 valence electrons. The van der Waals surface area contributed by atoms with E-state index in [1.165, 1.54) is 6.92 Å². The van der Waals surface area contributed by atoms with E-state index in [0.29, 0.717) is 30.7 Å². The fourth-order valence-corrected chi connectivity index (χ4v) is 6.78. The Kier molecular flexibility index (Phi) is 5.38. The number of phenols is 1. The quantitative estimate of drug-likeness (QED) is 0.449. The molecule has 6 rings (SSSR count). The van der Waals surface area contributed by atoms with E-state index in [2.05, 4.69) is 10.2 Å². The van der Waals surface area contributed by atoms with Crippen LogP contribution in [0.3, 0.4) is 0 Å². The molecule has 0 saturated carbocycles. The number of benzene rings is 2. The molecule has 1 amide bonds. The number of likely N-dealkylation sites (tertiary alicyclic amines) is 1. The Bertz CT molecular complexity index is 1310. The van der Waals surface area contributed by atoms with Crippen LogP contribution in [0.25, 0.3) is 0 Å². The third kappa shape index (κ3) is 3.27. The second-order valence-electron chi connectivity index (χ2n) is 10.6. The number of hydrogen-bond acceptors (Lipinski definition) is 8. The van der Waals surface area contributed by atoms with Gasteiger partial charge in [-0.05, 0) is 56.6 Å². The van der Waals surface area contributed by atoms with Crippen molar-refractivity contribution in [2.75, 3.05) is 13.6 Å². The summed E-state index contributed by atoms with van der Waals surface area (Å²) in [5.41, 5.74) is 0.201. The van der Waals surface area contributed by atoms with Gasteiger partial charge in [-0.1, -0.05) is 36.4 Å². The van der Waals surface area contributed by atoms with Gasteiger partial charge in [0.05, 0.1) is 11.0 Å². The highest BCUT2D eigenvalue weighted by Crippen LogP contribution is 2.65. The molecule has 0 radical (unpaired) electrons. The molecule has 1 fully saturated rings. The van der Waals surface area contributed by atoms with Crippen LogP contribution in [0.4, 0.5) is 0 Å². The Morgan fingerprint density at radius 2 is 1.97 bits per heavy atom. The lowest BCUT2D eigenvalue weighted by atomic mass is 9.50. The summed E-state index contributed by atoms with van der Waals surface area (Å²) >= 11 is 0. The first-order chi connectivity index (χ1) is 17.7. The minimum atomic E-state index is -1.42. The summed E-state index contributed by atoms with van der Waals surface area (Å²) in [6.45, 7) is 2.20. The lowest BCUT2D eigenvalue weighted by Gasteiger charge is -2.61. The fourth-order valence-electron chi connectivity index (χ4n) is 6.78. The molecule has 9 nitrogen and oxygen atoms in total. The van der Waals surface area contributed by atoms with Gasteiger partial charge in [0, 0.05) is 18.0 Å². The monoisotopic (exact) mass is 506 g/mol. The van der Waals surface area contributed by atoms with Gasteiger partial charge in [0.25, 0.3) is 5.91 Å². The number of phenolic OH excluding ortho intramolecular Hbond substituents is 1. The first kappa shape index (κ1) is 24.0. The highest BCUT2D eigenvalue weighted by atomic mass is 16.6. The number of piperidine rings is 1. The normalized spacial score (nSPS) is 30.9. The van der Waals surface area contributed by atoms with Crippen LogP contribution in [0.15, 0.2) is 54.3 Å². The number of aliphatic hydroxyl groups excluding tert-OH is 1. The van der Waals surface area contributed by atoms with Gasteiger partial charge in [0.15, 0.2) is 23.7 Å². The zero-order valence-corrected chi connectivity index (χ0v) is 20.7. The number of aliphatic hydroxyl groups is 2.